The molecule has 1 spiro atoms. The summed E-state index contributed by atoms with van der Waals surface area (Å²) in [4.78, 5) is 12.7. The van der Waals surface area contributed by atoms with Crippen LogP contribution in [0, 0.1) is 5.41 Å². The summed E-state index contributed by atoms with van der Waals surface area (Å²) >= 11 is 0. The Hall–Kier alpha value is -2.09. The van der Waals surface area contributed by atoms with Crippen molar-refractivity contribution in [1.82, 2.24) is 0 Å². The molecule has 0 amide bonds. The van der Waals surface area contributed by atoms with Crippen LogP contribution in [0.15, 0.2) is 48.5 Å². The first-order valence-electron chi connectivity index (χ1n) is 7.01. The molecule has 0 aromatic heterocycles. The highest BCUT2D eigenvalue weighted by atomic mass is 16.5. The predicted molar refractivity (Wildman–Crippen MR) is 77.3 cm³/mol. The van der Waals surface area contributed by atoms with Gasteiger partial charge in [-0.05, 0) is 42.0 Å². The minimum atomic E-state index is -0.154. The van der Waals surface area contributed by atoms with Gasteiger partial charge in [0.25, 0.3) is 0 Å². The molecule has 2 heteroatoms. The number of carbonyl (C=O) groups is 1. The van der Waals surface area contributed by atoms with Crippen molar-refractivity contribution in [3.8, 4) is 5.75 Å². The van der Waals surface area contributed by atoms with E-state index in [9.17, 15) is 4.79 Å². The first-order valence-corrected chi connectivity index (χ1v) is 7.01. The van der Waals surface area contributed by atoms with Crippen molar-refractivity contribution in [3.05, 3.63) is 65.2 Å². The molecular formula is C18H16O2. The quantitative estimate of drug-likeness (QED) is 0.828. The number of hydrogen-bond donors (Lipinski definition) is 0. The van der Waals surface area contributed by atoms with E-state index in [0.717, 1.165) is 24.2 Å². The largest absolute Gasteiger partial charge is 0.497 e. The second-order valence-corrected chi connectivity index (χ2v) is 5.85. The van der Waals surface area contributed by atoms with Gasteiger partial charge in [0, 0.05) is 11.0 Å². The molecule has 4 rings (SSSR count). The third kappa shape index (κ3) is 1.48. The van der Waals surface area contributed by atoms with Crippen LogP contribution in [0.3, 0.4) is 0 Å². The number of ketones is 1. The van der Waals surface area contributed by atoms with E-state index in [1.165, 1.54) is 11.1 Å². The van der Waals surface area contributed by atoms with E-state index in [-0.39, 0.29) is 5.41 Å². The summed E-state index contributed by atoms with van der Waals surface area (Å²) in [5.41, 5.74) is 3.25. The lowest BCUT2D eigenvalue weighted by molar-refractivity contribution is 0.0914. The average molecular weight is 264 g/mol. The van der Waals surface area contributed by atoms with Crippen LogP contribution in [0.5, 0.6) is 5.75 Å². The molecule has 2 atom stereocenters. The second kappa shape index (κ2) is 3.95. The highest BCUT2D eigenvalue weighted by Crippen LogP contribution is 2.65. The van der Waals surface area contributed by atoms with E-state index >= 15 is 0 Å². The maximum Gasteiger partial charge on any atom is 0.170 e. The average Bonchev–Trinajstić information content (AvgIpc) is 3.15. The molecule has 0 saturated heterocycles. The van der Waals surface area contributed by atoms with E-state index in [4.69, 9.17) is 4.74 Å². The van der Waals surface area contributed by atoms with Crippen LogP contribution >= 0.6 is 0 Å². The first-order chi connectivity index (χ1) is 9.74. The molecule has 2 aliphatic carbocycles. The summed E-state index contributed by atoms with van der Waals surface area (Å²) in [6.45, 7) is 0. The molecule has 1 saturated carbocycles. The molecule has 1 fully saturated rings. The molecule has 0 unspecified atom stereocenters. The monoisotopic (exact) mass is 264 g/mol. The number of methoxy groups -OCH3 is 1. The van der Waals surface area contributed by atoms with Crippen LogP contribution < -0.4 is 4.74 Å². The molecule has 0 aliphatic heterocycles. The van der Waals surface area contributed by atoms with Crippen LogP contribution in [0.4, 0.5) is 0 Å². The predicted octanol–water partition coefficient (Wildman–Crippen LogP) is 3.61. The number of benzene rings is 2. The maximum atomic E-state index is 12.7. The third-order valence-electron chi connectivity index (χ3n) is 4.81. The van der Waals surface area contributed by atoms with Gasteiger partial charge < -0.3 is 4.74 Å². The van der Waals surface area contributed by atoms with Crippen molar-refractivity contribution in [2.24, 2.45) is 5.41 Å². The van der Waals surface area contributed by atoms with Crippen molar-refractivity contribution in [3.63, 3.8) is 0 Å². The summed E-state index contributed by atoms with van der Waals surface area (Å²) < 4.78 is 5.19. The second-order valence-electron chi connectivity index (χ2n) is 5.85. The molecular weight excluding hydrogens is 248 g/mol. The van der Waals surface area contributed by atoms with Gasteiger partial charge in [0.2, 0.25) is 0 Å². The van der Waals surface area contributed by atoms with Crippen molar-refractivity contribution >= 4 is 5.78 Å². The number of carbonyl (C=O) groups excluding carboxylic acids is 1. The lowest BCUT2D eigenvalue weighted by Crippen LogP contribution is -2.12. The van der Waals surface area contributed by atoms with Gasteiger partial charge in [-0.15, -0.1) is 0 Å². The Balaban J connectivity index is 1.65. The molecule has 0 bridgehead atoms. The van der Waals surface area contributed by atoms with Gasteiger partial charge in [-0.1, -0.05) is 36.4 Å². The molecule has 2 aliphatic rings. The Kier molecular flexibility index (Phi) is 2.31. The molecule has 0 heterocycles. The van der Waals surface area contributed by atoms with Gasteiger partial charge in [0.1, 0.15) is 5.75 Å². The van der Waals surface area contributed by atoms with Gasteiger partial charge in [-0.2, -0.15) is 0 Å². The highest BCUT2D eigenvalue weighted by molar-refractivity contribution is 6.07. The van der Waals surface area contributed by atoms with Gasteiger partial charge in [0.15, 0.2) is 5.78 Å². The Morgan fingerprint density at radius 3 is 2.55 bits per heavy atom. The van der Waals surface area contributed by atoms with Crippen LogP contribution in [0.25, 0.3) is 0 Å². The Morgan fingerprint density at radius 1 is 1.10 bits per heavy atom. The van der Waals surface area contributed by atoms with E-state index in [1.807, 2.05) is 30.3 Å². The van der Waals surface area contributed by atoms with Crippen LogP contribution in [-0.2, 0) is 6.42 Å². The van der Waals surface area contributed by atoms with E-state index in [0.29, 0.717) is 11.7 Å². The van der Waals surface area contributed by atoms with Crippen molar-refractivity contribution in [2.75, 3.05) is 7.11 Å². The van der Waals surface area contributed by atoms with E-state index in [1.54, 1.807) is 7.11 Å². The SMILES string of the molecule is COc1ccc([C@H]2C[C@@]23Cc2ccccc2C3=O)cc1. The lowest BCUT2D eigenvalue weighted by Gasteiger charge is -2.08. The summed E-state index contributed by atoms with van der Waals surface area (Å²) in [6.07, 6.45) is 1.88. The molecule has 0 N–H and O–H groups in total. The number of Topliss-reactive ketones (excluding diaryl/α,β-unsaturated/α-hetero) is 1. The topological polar surface area (TPSA) is 26.3 Å². The van der Waals surface area contributed by atoms with Crippen LogP contribution in [0.2, 0.25) is 0 Å². The first kappa shape index (κ1) is 11.7. The van der Waals surface area contributed by atoms with Gasteiger partial charge in [0.05, 0.1) is 7.11 Å². The van der Waals surface area contributed by atoms with Crippen molar-refractivity contribution in [1.29, 1.82) is 0 Å². The number of rotatable bonds is 2. The zero-order valence-corrected chi connectivity index (χ0v) is 11.4. The standard InChI is InChI=1S/C18H16O2/c1-20-14-8-6-12(7-9-14)16-11-18(16)10-13-4-2-3-5-15(13)17(18)19/h2-9,16H,10-11H2,1H3/t16-,18+/m1/s1. The number of fused-ring (bicyclic) bond motifs is 1. The van der Waals surface area contributed by atoms with Gasteiger partial charge >= 0.3 is 0 Å². The zero-order chi connectivity index (χ0) is 13.7. The molecule has 2 aromatic carbocycles. The molecule has 100 valence electrons. The summed E-state index contributed by atoms with van der Waals surface area (Å²) in [5.74, 6) is 1.58. The fourth-order valence-corrected chi connectivity index (χ4v) is 3.61. The number of ether oxygens (including phenoxy) is 1. The fourth-order valence-electron chi connectivity index (χ4n) is 3.61. The van der Waals surface area contributed by atoms with Crippen LogP contribution in [-0.4, -0.2) is 12.9 Å². The molecule has 0 radical (unpaired) electrons. The Labute approximate surface area is 118 Å². The summed E-state index contributed by atoms with van der Waals surface area (Å²) in [5, 5.41) is 0. The normalized spacial score (nSPS) is 26.6. The summed E-state index contributed by atoms with van der Waals surface area (Å²) in [6, 6.07) is 16.2. The highest BCUT2D eigenvalue weighted by Gasteiger charge is 2.63. The summed E-state index contributed by atoms with van der Waals surface area (Å²) in [7, 11) is 1.67. The third-order valence-corrected chi connectivity index (χ3v) is 4.81. The molecule has 2 nitrogen and oxygen atoms in total. The smallest absolute Gasteiger partial charge is 0.170 e. The fraction of sp³-hybridized carbons (Fsp3) is 0.278. The van der Waals surface area contributed by atoms with E-state index in [2.05, 4.69) is 18.2 Å². The molecule has 20 heavy (non-hydrogen) atoms. The number of hydrogen-bond acceptors (Lipinski definition) is 2. The van der Waals surface area contributed by atoms with Gasteiger partial charge in [-0.25, -0.2) is 0 Å². The minimum Gasteiger partial charge on any atom is -0.497 e. The zero-order valence-electron chi connectivity index (χ0n) is 11.4. The minimum absolute atomic E-state index is 0.154. The van der Waals surface area contributed by atoms with Gasteiger partial charge in [-0.3, -0.25) is 4.79 Å². The Bertz CT molecular complexity index is 687. The lowest BCUT2D eigenvalue weighted by atomic mass is 9.95. The maximum absolute atomic E-state index is 12.7. The van der Waals surface area contributed by atoms with E-state index < -0.39 is 0 Å². The van der Waals surface area contributed by atoms with Crippen molar-refractivity contribution < 1.29 is 9.53 Å². The van der Waals surface area contributed by atoms with Crippen LogP contribution in [0.1, 0.15) is 33.8 Å². The Morgan fingerprint density at radius 2 is 1.85 bits per heavy atom. The molecule has 2 aromatic rings. The van der Waals surface area contributed by atoms with Crippen molar-refractivity contribution in [2.45, 2.75) is 18.8 Å².